The molecule has 1 fully saturated rings. The van der Waals surface area contributed by atoms with E-state index in [4.69, 9.17) is 5.10 Å². The summed E-state index contributed by atoms with van der Waals surface area (Å²) >= 11 is 0. The number of hydrogen-bond acceptors (Lipinski definition) is 3. The topological polar surface area (TPSA) is 73.8 Å². The number of carbonyl (C=O) groups excluding carboxylic acids is 2. The van der Waals surface area contributed by atoms with Gasteiger partial charge in [0.05, 0.1) is 23.5 Å². The van der Waals surface area contributed by atoms with Gasteiger partial charge < -0.3 is 10.6 Å². The Hall–Kier alpha value is -3.93. The van der Waals surface area contributed by atoms with Crippen molar-refractivity contribution in [2.75, 3.05) is 5.01 Å². The van der Waals surface area contributed by atoms with E-state index in [9.17, 15) is 9.59 Å². The molecule has 6 heteroatoms. The summed E-state index contributed by atoms with van der Waals surface area (Å²) in [5.74, 6) is -0.175. The van der Waals surface area contributed by atoms with E-state index in [0.29, 0.717) is 11.4 Å². The normalized spacial score (nSPS) is 22.1. The molecule has 0 radical (unpaired) electrons. The number of benzene rings is 3. The molecular formula is C25H22N4O2. The van der Waals surface area contributed by atoms with Crippen LogP contribution >= 0.6 is 0 Å². The van der Waals surface area contributed by atoms with Crippen LogP contribution in [0.3, 0.4) is 0 Å². The molecule has 1 spiro atoms. The molecule has 3 aromatic carbocycles. The quantitative estimate of drug-likeness (QED) is 0.679. The predicted octanol–water partition coefficient (Wildman–Crippen LogP) is 4.19. The molecule has 2 aliphatic rings. The molecule has 31 heavy (non-hydrogen) atoms. The summed E-state index contributed by atoms with van der Waals surface area (Å²) in [4.78, 5) is 26.9. The van der Waals surface area contributed by atoms with E-state index in [1.54, 1.807) is 0 Å². The zero-order valence-corrected chi connectivity index (χ0v) is 17.0. The molecule has 3 aromatic rings. The van der Waals surface area contributed by atoms with Gasteiger partial charge in [-0.1, -0.05) is 78.9 Å². The fraction of sp³-hybridized carbons (Fsp3) is 0.160. The highest BCUT2D eigenvalue weighted by Crippen LogP contribution is 2.52. The molecule has 2 atom stereocenters. The second-order valence-electron chi connectivity index (χ2n) is 7.81. The lowest BCUT2D eigenvalue weighted by atomic mass is 9.65. The highest BCUT2D eigenvalue weighted by molar-refractivity contribution is 6.20. The minimum atomic E-state index is -1.12. The molecule has 1 saturated heterocycles. The van der Waals surface area contributed by atoms with E-state index in [1.807, 2.05) is 97.9 Å². The summed E-state index contributed by atoms with van der Waals surface area (Å²) in [5, 5.41) is 12.2. The first kappa shape index (κ1) is 19.1. The van der Waals surface area contributed by atoms with E-state index >= 15 is 0 Å². The van der Waals surface area contributed by atoms with Gasteiger partial charge in [-0.3, -0.25) is 4.79 Å². The van der Waals surface area contributed by atoms with Crippen LogP contribution in [0.1, 0.15) is 30.1 Å². The standard InChI is InChI=1S/C25H22N4O2/c1-17-25(23(30)29(28-17)20-15-9-4-10-16-20)21(18-11-5-2-6-12-18)26-24(31)27-22(25)19-13-7-3-8-14-19/h2-16,21-22H,1H3,(H2,26,27,31)/t21-,22-/m0/s1. The maximum absolute atomic E-state index is 14.2. The zero-order valence-electron chi connectivity index (χ0n) is 17.0. The van der Waals surface area contributed by atoms with Crippen molar-refractivity contribution >= 4 is 23.3 Å². The number of nitrogens with one attached hydrogen (secondary N) is 2. The van der Waals surface area contributed by atoms with E-state index < -0.39 is 17.5 Å². The van der Waals surface area contributed by atoms with E-state index in [0.717, 1.165) is 11.1 Å². The summed E-state index contributed by atoms with van der Waals surface area (Å²) in [6, 6.07) is 27.1. The van der Waals surface area contributed by atoms with Crippen molar-refractivity contribution in [3.8, 4) is 0 Å². The van der Waals surface area contributed by atoms with Gasteiger partial charge in [0.1, 0.15) is 5.41 Å². The van der Waals surface area contributed by atoms with Crippen LogP contribution < -0.4 is 15.6 Å². The van der Waals surface area contributed by atoms with Gasteiger partial charge in [-0.15, -0.1) is 0 Å². The predicted molar refractivity (Wildman–Crippen MR) is 120 cm³/mol. The molecule has 3 amide bonds. The van der Waals surface area contributed by atoms with Crippen molar-refractivity contribution in [2.45, 2.75) is 19.0 Å². The molecule has 2 N–H and O–H groups in total. The van der Waals surface area contributed by atoms with Gasteiger partial charge in [0, 0.05) is 0 Å². The molecule has 0 aromatic heterocycles. The van der Waals surface area contributed by atoms with Crippen LogP contribution in [0.4, 0.5) is 10.5 Å². The van der Waals surface area contributed by atoms with Crippen molar-refractivity contribution in [3.63, 3.8) is 0 Å². The summed E-state index contributed by atoms with van der Waals surface area (Å²) in [7, 11) is 0. The fourth-order valence-electron chi connectivity index (χ4n) is 4.70. The Labute approximate surface area is 180 Å². The van der Waals surface area contributed by atoms with Gasteiger partial charge in [0.15, 0.2) is 0 Å². The molecule has 5 rings (SSSR count). The average molecular weight is 410 g/mol. The molecule has 154 valence electrons. The third-order valence-electron chi connectivity index (χ3n) is 6.12. The number of para-hydroxylation sites is 1. The monoisotopic (exact) mass is 410 g/mol. The number of amides is 3. The van der Waals surface area contributed by atoms with Crippen LogP contribution in [0.2, 0.25) is 0 Å². The first-order chi connectivity index (χ1) is 15.1. The third-order valence-corrected chi connectivity index (χ3v) is 6.12. The molecule has 2 aliphatic heterocycles. The molecule has 0 unspecified atom stereocenters. The first-order valence-electron chi connectivity index (χ1n) is 10.2. The Bertz CT molecular complexity index is 1090. The van der Waals surface area contributed by atoms with Gasteiger partial charge >= 0.3 is 6.03 Å². The van der Waals surface area contributed by atoms with Crippen LogP contribution in [0, 0.1) is 5.41 Å². The van der Waals surface area contributed by atoms with Gasteiger partial charge in [0.2, 0.25) is 0 Å². The zero-order chi connectivity index (χ0) is 21.4. The number of nitrogens with zero attached hydrogens (tertiary/aromatic N) is 2. The van der Waals surface area contributed by atoms with Crippen LogP contribution in [0.25, 0.3) is 0 Å². The van der Waals surface area contributed by atoms with Crippen molar-refractivity contribution < 1.29 is 9.59 Å². The second kappa shape index (κ2) is 7.40. The molecule has 0 bridgehead atoms. The Balaban J connectivity index is 1.72. The van der Waals surface area contributed by atoms with Crippen LogP contribution in [-0.4, -0.2) is 17.6 Å². The minimum absolute atomic E-state index is 0.175. The van der Waals surface area contributed by atoms with Gasteiger partial charge in [-0.05, 0) is 30.2 Å². The van der Waals surface area contributed by atoms with Crippen molar-refractivity contribution in [3.05, 3.63) is 102 Å². The Kier molecular flexibility index (Phi) is 4.55. The van der Waals surface area contributed by atoms with E-state index in [-0.39, 0.29) is 11.9 Å². The summed E-state index contributed by atoms with van der Waals surface area (Å²) < 4.78 is 0. The molecule has 6 nitrogen and oxygen atoms in total. The number of urea groups is 1. The summed E-state index contributed by atoms with van der Waals surface area (Å²) in [5.41, 5.74) is 1.94. The lowest BCUT2D eigenvalue weighted by Crippen LogP contribution is -2.63. The minimum Gasteiger partial charge on any atom is -0.330 e. The number of carbonyl (C=O) groups is 2. The van der Waals surface area contributed by atoms with Crippen molar-refractivity contribution in [1.29, 1.82) is 0 Å². The molecule has 0 saturated carbocycles. The van der Waals surface area contributed by atoms with Gasteiger partial charge in [-0.2, -0.15) is 10.1 Å². The van der Waals surface area contributed by atoms with Crippen LogP contribution in [0.15, 0.2) is 96.1 Å². The lowest BCUT2D eigenvalue weighted by molar-refractivity contribution is -0.127. The number of hydrazone groups is 1. The third kappa shape index (κ3) is 2.91. The highest BCUT2D eigenvalue weighted by Gasteiger charge is 2.63. The SMILES string of the molecule is CC1=NN(c2ccccc2)C(=O)C12[C@H](c1ccccc1)NC(=O)N[C@H]2c1ccccc1. The largest absolute Gasteiger partial charge is 0.330 e. The summed E-state index contributed by atoms with van der Waals surface area (Å²) in [6.07, 6.45) is 0. The number of anilines is 1. The Morgan fingerprint density at radius 3 is 1.68 bits per heavy atom. The Morgan fingerprint density at radius 1 is 0.742 bits per heavy atom. The number of rotatable bonds is 3. The maximum Gasteiger partial charge on any atom is 0.315 e. The maximum atomic E-state index is 14.2. The molecule has 0 aliphatic carbocycles. The van der Waals surface area contributed by atoms with Crippen LogP contribution in [-0.2, 0) is 4.79 Å². The number of hydrogen-bond donors (Lipinski definition) is 2. The summed E-state index contributed by atoms with van der Waals surface area (Å²) in [6.45, 7) is 1.87. The first-order valence-corrected chi connectivity index (χ1v) is 10.2. The molecular weight excluding hydrogens is 388 g/mol. The lowest BCUT2D eigenvalue weighted by Gasteiger charge is -2.46. The molecule has 2 heterocycles. The average Bonchev–Trinajstić information content (AvgIpc) is 3.08. The Morgan fingerprint density at radius 2 is 1.19 bits per heavy atom. The van der Waals surface area contributed by atoms with Gasteiger partial charge in [-0.25, -0.2) is 4.79 Å². The van der Waals surface area contributed by atoms with E-state index in [1.165, 1.54) is 5.01 Å². The van der Waals surface area contributed by atoms with Crippen molar-refractivity contribution in [2.24, 2.45) is 10.5 Å². The van der Waals surface area contributed by atoms with E-state index in [2.05, 4.69) is 10.6 Å². The highest BCUT2D eigenvalue weighted by atomic mass is 16.2. The smallest absolute Gasteiger partial charge is 0.315 e. The van der Waals surface area contributed by atoms with Gasteiger partial charge in [0.25, 0.3) is 5.91 Å². The van der Waals surface area contributed by atoms with Crippen molar-refractivity contribution in [1.82, 2.24) is 10.6 Å². The second-order valence-corrected chi connectivity index (χ2v) is 7.81. The van der Waals surface area contributed by atoms with Crippen LogP contribution in [0.5, 0.6) is 0 Å². The fourth-order valence-corrected chi connectivity index (χ4v) is 4.70.